The molecule has 1 nitrogen and oxygen atoms in total. The van der Waals surface area contributed by atoms with Crippen LogP contribution in [-0.4, -0.2) is 0 Å². The van der Waals surface area contributed by atoms with Crippen molar-refractivity contribution >= 4 is 27.8 Å². The van der Waals surface area contributed by atoms with Crippen LogP contribution in [0.4, 0.5) is 17.1 Å². The minimum Gasteiger partial charge on any atom is -0.310 e. The van der Waals surface area contributed by atoms with Crippen molar-refractivity contribution in [3.63, 3.8) is 0 Å². The van der Waals surface area contributed by atoms with Crippen molar-refractivity contribution in [1.82, 2.24) is 0 Å². The fourth-order valence-electron chi connectivity index (χ4n) is 7.59. The molecule has 0 heterocycles. The Bertz CT molecular complexity index is 2650. The first-order valence-electron chi connectivity index (χ1n) is 18.2. The minimum absolute atomic E-state index is 1.09. The second kappa shape index (κ2) is 14.3. The average Bonchev–Trinajstić information content (AvgIpc) is 3.25. The van der Waals surface area contributed by atoms with Crippen LogP contribution in [0.3, 0.4) is 0 Å². The number of fused-ring (bicyclic) bond motifs is 1. The van der Waals surface area contributed by atoms with Crippen LogP contribution in [-0.2, 0) is 0 Å². The Morgan fingerprint density at radius 3 is 1.45 bits per heavy atom. The lowest BCUT2D eigenvalue weighted by molar-refractivity contribution is 1.28. The molecule has 0 unspecified atom stereocenters. The summed E-state index contributed by atoms with van der Waals surface area (Å²) >= 11 is 0. The van der Waals surface area contributed by atoms with E-state index in [1.807, 2.05) is 0 Å². The van der Waals surface area contributed by atoms with Crippen LogP contribution in [0.25, 0.3) is 66.4 Å². The van der Waals surface area contributed by atoms with Crippen molar-refractivity contribution in [3.05, 3.63) is 224 Å². The summed E-state index contributed by atoms with van der Waals surface area (Å²) < 4.78 is 0. The number of anilines is 3. The molecule has 1 heteroatoms. The molecule has 0 aliphatic carbocycles. The minimum atomic E-state index is 1.09. The third-order valence-electron chi connectivity index (χ3n) is 10.1. The summed E-state index contributed by atoms with van der Waals surface area (Å²) in [7, 11) is 0. The summed E-state index contributed by atoms with van der Waals surface area (Å²) in [5.41, 5.74) is 15.3. The molecule has 0 saturated carbocycles. The zero-order valence-corrected chi connectivity index (χ0v) is 29.3. The molecular weight excluding hydrogens is 639 g/mol. The van der Waals surface area contributed by atoms with E-state index in [1.165, 1.54) is 60.8 Å². The van der Waals surface area contributed by atoms with Gasteiger partial charge in [0.15, 0.2) is 0 Å². The van der Waals surface area contributed by atoms with Gasteiger partial charge in [-0.15, -0.1) is 0 Å². The lowest BCUT2D eigenvalue weighted by atomic mass is 9.88. The van der Waals surface area contributed by atoms with Crippen molar-refractivity contribution in [1.29, 1.82) is 0 Å². The van der Waals surface area contributed by atoms with Crippen LogP contribution in [0.15, 0.2) is 224 Å². The first kappa shape index (κ1) is 32.0. The van der Waals surface area contributed by atoms with Gasteiger partial charge in [0.2, 0.25) is 0 Å². The van der Waals surface area contributed by atoms with Gasteiger partial charge in [-0.25, -0.2) is 0 Å². The molecule has 0 fully saturated rings. The molecule has 0 aliphatic heterocycles. The van der Waals surface area contributed by atoms with Gasteiger partial charge in [0.25, 0.3) is 0 Å². The first-order chi connectivity index (χ1) is 26.3. The van der Waals surface area contributed by atoms with E-state index in [0.717, 1.165) is 22.6 Å². The zero-order chi connectivity index (χ0) is 35.4. The molecule has 9 aromatic carbocycles. The van der Waals surface area contributed by atoms with E-state index < -0.39 is 0 Å². The van der Waals surface area contributed by atoms with Crippen molar-refractivity contribution in [3.8, 4) is 55.6 Å². The molecule has 0 aromatic heterocycles. The van der Waals surface area contributed by atoms with Gasteiger partial charge in [0.05, 0.1) is 5.69 Å². The Labute approximate surface area is 311 Å². The molecule has 53 heavy (non-hydrogen) atoms. The Kier molecular flexibility index (Phi) is 8.66. The van der Waals surface area contributed by atoms with E-state index in [2.05, 4.69) is 229 Å². The number of benzene rings is 9. The molecule has 9 rings (SSSR count). The summed E-state index contributed by atoms with van der Waals surface area (Å²) in [6.45, 7) is 0. The predicted molar refractivity (Wildman–Crippen MR) is 226 cm³/mol. The summed E-state index contributed by atoms with van der Waals surface area (Å²) in [4.78, 5) is 2.41. The largest absolute Gasteiger partial charge is 0.310 e. The maximum absolute atomic E-state index is 2.41. The number of para-hydroxylation sites is 1. The van der Waals surface area contributed by atoms with E-state index >= 15 is 0 Å². The Morgan fingerprint density at radius 2 is 0.717 bits per heavy atom. The van der Waals surface area contributed by atoms with Gasteiger partial charge in [-0.1, -0.05) is 194 Å². The molecule has 0 aliphatic rings. The molecule has 0 atom stereocenters. The van der Waals surface area contributed by atoms with E-state index in [-0.39, 0.29) is 0 Å². The Balaban J connectivity index is 1.22. The van der Waals surface area contributed by atoms with Crippen molar-refractivity contribution in [2.24, 2.45) is 0 Å². The highest BCUT2D eigenvalue weighted by molar-refractivity contribution is 5.99. The lowest BCUT2D eigenvalue weighted by Gasteiger charge is -2.29. The number of hydrogen-bond donors (Lipinski definition) is 0. The lowest BCUT2D eigenvalue weighted by Crippen LogP contribution is -2.11. The summed E-state index contributed by atoms with van der Waals surface area (Å²) in [5.74, 6) is 0. The van der Waals surface area contributed by atoms with Crippen LogP contribution in [0.2, 0.25) is 0 Å². The van der Waals surface area contributed by atoms with E-state index in [1.54, 1.807) is 0 Å². The highest BCUT2D eigenvalue weighted by Crippen LogP contribution is 2.46. The molecule has 0 amide bonds. The molecular formula is C52H37N. The van der Waals surface area contributed by atoms with Crippen LogP contribution in [0.1, 0.15) is 0 Å². The second-order valence-electron chi connectivity index (χ2n) is 13.3. The van der Waals surface area contributed by atoms with Gasteiger partial charge in [-0.05, 0) is 91.2 Å². The van der Waals surface area contributed by atoms with E-state index in [4.69, 9.17) is 0 Å². The summed E-state index contributed by atoms with van der Waals surface area (Å²) in [5, 5.41) is 2.50. The highest BCUT2D eigenvalue weighted by Gasteiger charge is 2.20. The van der Waals surface area contributed by atoms with Gasteiger partial charge < -0.3 is 4.90 Å². The van der Waals surface area contributed by atoms with Crippen LogP contribution in [0.5, 0.6) is 0 Å². The van der Waals surface area contributed by atoms with Crippen molar-refractivity contribution in [2.45, 2.75) is 0 Å². The zero-order valence-electron chi connectivity index (χ0n) is 29.3. The fraction of sp³-hybridized carbons (Fsp3) is 0. The number of hydrogen-bond acceptors (Lipinski definition) is 1. The standard InChI is InChI=1S/C52H37N/c1-3-17-38(18-4-1)42-23-15-24-44(37-42)53(43-35-33-41(34-36-43)46-31-16-22-40-21-7-8-25-45(40)46)52-32-14-13-30-51(52)50-29-12-11-28-49(50)48-27-10-9-26-47(48)39-19-5-2-6-20-39/h1-37H. The summed E-state index contributed by atoms with van der Waals surface area (Å²) in [6.07, 6.45) is 0. The summed E-state index contributed by atoms with van der Waals surface area (Å²) in [6, 6.07) is 80.8. The molecule has 0 saturated heterocycles. The average molecular weight is 676 g/mol. The number of rotatable bonds is 8. The Hall–Kier alpha value is -6.96. The third-order valence-corrected chi connectivity index (χ3v) is 10.1. The molecule has 0 N–H and O–H groups in total. The van der Waals surface area contributed by atoms with Crippen molar-refractivity contribution < 1.29 is 0 Å². The highest BCUT2D eigenvalue weighted by atomic mass is 15.1. The molecule has 0 bridgehead atoms. The van der Waals surface area contributed by atoms with Crippen molar-refractivity contribution in [2.75, 3.05) is 4.90 Å². The normalized spacial score (nSPS) is 11.0. The number of nitrogens with zero attached hydrogens (tertiary/aromatic N) is 1. The van der Waals surface area contributed by atoms with Gasteiger partial charge in [0, 0.05) is 16.9 Å². The molecule has 0 radical (unpaired) electrons. The first-order valence-corrected chi connectivity index (χ1v) is 18.2. The Morgan fingerprint density at radius 1 is 0.245 bits per heavy atom. The second-order valence-corrected chi connectivity index (χ2v) is 13.3. The van der Waals surface area contributed by atoms with Gasteiger partial charge >= 0.3 is 0 Å². The van der Waals surface area contributed by atoms with Gasteiger partial charge in [-0.2, -0.15) is 0 Å². The monoisotopic (exact) mass is 675 g/mol. The predicted octanol–water partition coefficient (Wildman–Crippen LogP) is 14.6. The third kappa shape index (κ3) is 6.30. The fourth-order valence-corrected chi connectivity index (χ4v) is 7.59. The molecule has 9 aromatic rings. The van der Waals surface area contributed by atoms with Crippen LogP contribution in [0, 0.1) is 0 Å². The maximum atomic E-state index is 2.41. The molecule has 0 spiro atoms. The van der Waals surface area contributed by atoms with Gasteiger partial charge in [0.1, 0.15) is 0 Å². The smallest absolute Gasteiger partial charge is 0.0540 e. The van der Waals surface area contributed by atoms with E-state index in [9.17, 15) is 0 Å². The van der Waals surface area contributed by atoms with Gasteiger partial charge in [-0.3, -0.25) is 0 Å². The van der Waals surface area contributed by atoms with Crippen LogP contribution < -0.4 is 4.90 Å². The topological polar surface area (TPSA) is 3.24 Å². The van der Waals surface area contributed by atoms with Crippen LogP contribution >= 0.6 is 0 Å². The van der Waals surface area contributed by atoms with E-state index in [0.29, 0.717) is 0 Å². The SMILES string of the molecule is c1ccc(-c2cccc(N(c3ccc(-c4cccc5ccccc45)cc3)c3ccccc3-c3ccccc3-c3ccccc3-c3ccccc3)c2)cc1. The molecule has 250 valence electrons. The maximum Gasteiger partial charge on any atom is 0.0540 e. The quantitative estimate of drug-likeness (QED) is 0.155.